The predicted octanol–water partition coefficient (Wildman–Crippen LogP) is 3.19. The van der Waals surface area contributed by atoms with Crippen LogP contribution in [0.4, 0.5) is 13.6 Å². The van der Waals surface area contributed by atoms with Crippen LogP contribution in [0.1, 0.15) is 26.3 Å². The molecule has 138 valence electrons. The molecule has 2 amide bonds. The van der Waals surface area contributed by atoms with Gasteiger partial charge >= 0.3 is 6.09 Å². The first kappa shape index (κ1) is 19.5. The second kappa shape index (κ2) is 7.59. The van der Waals surface area contributed by atoms with Crippen molar-refractivity contribution in [2.45, 2.75) is 38.9 Å². The summed E-state index contributed by atoms with van der Waals surface area (Å²) in [4.78, 5) is 27.3. The van der Waals surface area contributed by atoms with E-state index >= 15 is 0 Å². The Morgan fingerprint density at radius 2 is 1.92 bits per heavy atom. The van der Waals surface area contributed by atoms with Crippen LogP contribution in [-0.4, -0.2) is 56.5 Å². The Morgan fingerprint density at radius 1 is 1.32 bits per heavy atom. The zero-order chi connectivity index (χ0) is 18.8. The molecule has 2 rings (SSSR count). The summed E-state index contributed by atoms with van der Waals surface area (Å²) in [5.41, 5.74) is -0.401. The molecule has 1 N–H and O–H groups in total. The average Bonchev–Trinajstić information content (AvgIpc) is 2.60. The van der Waals surface area contributed by atoms with Crippen molar-refractivity contribution in [3.63, 3.8) is 0 Å². The number of rotatable bonds is 3. The third-order valence-corrected chi connectivity index (χ3v) is 4.94. The van der Waals surface area contributed by atoms with E-state index in [9.17, 15) is 23.5 Å². The molecule has 1 unspecified atom stereocenters. The van der Waals surface area contributed by atoms with Crippen molar-refractivity contribution in [1.29, 1.82) is 0 Å². The third kappa shape index (κ3) is 4.84. The van der Waals surface area contributed by atoms with Gasteiger partial charge in [0.25, 0.3) is 0 Å². The van der Waals surface area contributed by atoms with Crippen molar-refractivity contribution in [1.82, 2.24) is 9.80 Å². The number of halogens is 2. The zero-order valence-electron chi connectivity index (χ0n) is 14.5. The first-order chi connectivity index (χ1) is 11.6. The summed E-state index contributed by atoms with van der Waals surface area (Å²) in [5.74, 6) is -0.754. The maximum atomic E-state index is 13.4. The first-order valence-corrected chi connectivity index (χ1v) is 9.09. The molecule has 1 aliphatic rings. The fourth-order valence-electron chi connectivity index (χ4n) is 2.91. The van der Waals surface area contributed by atoms with E-state index in [0.717, 1.165) is 11.0 Å². The van der Waals surface area contributed by atoms with Gasteiger partial charge in [0, 0.05) is 36.2 Å². The van der Waals surface area contributed by atoms with Gasteiger partial charge in [-0.25, -0.2) is 13.6 Å². The van der Waals surface area contributed by atoms with Gasteiger partial charge in [-0.1, -0.05) is 0 Å². The molecule has 25 heavy (non-hydrogen) atoms. The Morgan fingerprint density at radius 3 is 2.44 bits per heavy atom. The fourth-order valence-corrected chi connectivity index (χ4v) is 3.95. The van der Waals surface area contributed by atoms with Crippen LogP contribution in [0.2, 0.25) is 0 Å². The monoisotopic (exact) mass is 372 g/mol. The van der Waals surface area contributed by atoms with E-state index < -0.39 is 29.3 Å². The highest BCUT2D eigenvalue weighted by molar-refractivity contribution is 7.99. The fraction of sp³-hybridized carbons (Fsp3) is 0.529. The number of carbonyl (C=O) groups excluding carboxylic acids is 1. The van der Waals surface area contributed by atoms with Crippen LogP contribution < -0.4 is 0 Å². The van der Waals surface area contributed by atoms with Crippen molar-refractivity contribution in [2.75, 3.05) is 18.1 Å². The van der Waals surface area contributed by atoms with Crippen LogP contribution in [0.25, 0.3) is 0 Å². The molecule has 5 nitrogen and oxygen atoms in total. The lowest BCUT2D eigenvalue weighted by Crippen LogP contribution is -2.57. The van der Waals surface area contributed by atoms with Gasteiger partial charge in [0.15, 0.2) is 0 Å². The topological polar surface area (TPSA) is 60.9 Å². The van der Waals surface area contributed by atoms with Crippen LogP contribution in [0, 0.1) is 11.6 Å². The van der Waals surface area contributed by atoms with E-state index in [1.165, 1.54) is 28.8 Å². The molecule has 0 aliphatic carbocycles. The summed E-state index contributed by atoms with van der Waals surface area (Å²) in [7, 11) is 0. The second-order valence-corrected chi connectivity index (χ2v) is 8.10. The second-order valence-electron chi connectivity index (χ2n) is 6.95. The number of benzene rings is 1. The first-order valence-electron chi connectivity index (χ1n) is 7.93. The predicted molar refractivity (Wildman–Crippen MR) is 92.5 cm³/mol. The van der Waals surface area contributed by atoms with E-state index in [1.54, 1.807) is 20.8 Å². The molecule has 1 aromatic rings. The quantitative estimate of drug-likeness (QED) is 0.885. The smallest absolute Gasteiger partial charge is 0.408 e. The Bertz CT molecular complexity index is 644. The summed E-state index contributed by atoms with van der Waals surface area (Å²) in [6, 6.07) is 2.31. The van der Waals surface area contributed by atoms with Gasteiger partial charge in [0.05, 0.1) is 0 Å². The van der Waals surface area contributed by atoms with E-state index in [4.69, 9.17) is 0 Å². The van der Waals surface area contributed by atoms with Gasteiger partial charge in [-0.05, 0) is 38.5 Å². The van der Waals surface area contributed by atoms with Crippen LogP contribution in [0.5, 0.6) is 0 Å². The number of nitrogens with zero attached hydrogens (tertiary/aromatic N) is 2. The Labute approximate surface area is 150 Å². The van der Waals surface area contributed by atoms with E-state index in [-0.39, 0.29) is 12.5 Å². The standard InChI is InChI=1S/C17H22F2N2O3S/c1-17(2,3)21(16(23)24)14-10-25-5-4-20(15(14)22)9-11-6-12(18)8-13(19)7-11/h6-8,14H,4-5,9-10H2,1-3H3,(H,23,24). The average molecular weight is 372 g/mol. The van der Waals surface area contributed by atoms with Gasteiger partial charge in [0.1, 0.15) is 17.7 Å². The molecule has 1 saturated heterocycles. The van der Waals surface area contributed by atoms with Crippen molar-refractivity contribution >= 4 is 23.8 Å². The molecule has 1 aliphatic heterocycles. The van der Waals surface area contributed by atoms with Crippen LogP contribution in [0.15, 0.2) is 18.2 Å². The van der Waals surface area contributed by atoms with Crippen LogP contribution in [-0.2, 0) is 11.3 Å². The minimum absolute atomic E-state index is 0.0438. The number of carboxylic acid groups (broad SMARTS) is 1. The van der Waals surface area contributed by atoms with Crippen molar-refractivity contribution in [2.24, 2.45) is 0 Å². The molecule has 0 radical (unpaired) electrons. The Balaban J connectivity index is 2.27. The van der Waals surface area contributed by atoms with E-state index in [1.807, 2.05) is 0 Å². The number of hydrogen-bond acceptors (Lipinski definition) is 3. The normalized spacial score (nSPS) is 18.8. The highest BCUT2D eigenvalue weighted by Gasteiger charge is 2.40. The van der Waals surface area contributed by atoms with Gasteiger partial charge in [-0.15, -0.1) is 0 Å². The van der Waals surface area contributed by atoms with Crippen molar-refractivity contribution in [3.8, 4) is 0 Å². The molecule has 1 fully saturated rings. The number of carbonyl (C=O) groups is 2. The summed E-state index contributed by atoms with van der Waals surface area (Å²) in [5, 5.41) is 9.57. The molecule has 8 heteroatoms. The van der Waals surface area contributed by atoms with Gasteiger partial charge in [-0.2, -0.15) is 11.8 Å². The lowest BCUT2D eigenvalue weighted by Gasteiger charge is -2.39. The maximum absolute atomic E-state index is 13.4. The highest BCUT2D eigenvalue weighted by atomic mass is 32.2. The third-order valence-electron chi connectivity index (χ3n) is 3.91. The van der Waals surface area contributed by atoms with Crippen LogP contribution in [0.3, 0.4) is 0 Å². The summed E-state index contributed by atoms with van der Waals surface area (Å²) < 4.78 is 26.8. The minimum atomic E-state index is -1.16. The largest absolute Gasteiger partial charge is 0.465 e. The molecule has 1 heterocycles. The number of hydrogen-bond donors (Lipinski definition) is 1. The molecule has 1 atom stereocenters. The van der Waals surface area contributed by atoms with Crippen molar-refractivity contribution in [3.05, 3.63) is 35.4 Å². The highest BCUT2D eigenvalue weighted by Crippen LogP contribution is 2.25. The molecule has 0 saturated carbocycles. The van der Waals surface area contributed by atoms with E-state index in [0.29, 0.717) is 23.6 Å². The zero-order valence-corrected chi connectivity index (χ0v) is 15.3. The number of amides is 2. The maximum Gasteiger partial charge on any atom is 0.408 e. The van der Waals surface area contributed by atoms with Gasteiger partial charge in [0.2, 0.25) is 5.91 Å². The summed E-state index contributed by atoms with van der Waals surface area (Å²) in [6.45, 7) is 5.64. The lowest BCUT2D eigenvalue weighted by atomic mass is 10.0. The van der Waals surface area contributed by atoms with Gasteiger partial charge < -0.3 is 10.0 Å². The Hall–Kier alpha value is -1.83. The SMILES string of the molecule is CC(C)(C)N(C(=O)O)C1CSCCN(Cc2cc(F)cc(F)c2)C1=O. The van der Waals surface area contributed by atoms with E-state index in [2.05, 4.69) is 0 Å². The molecule has 0 aromatic heterocycles. The molecule has 0 bridgehead atoms. The number of thioether (sulfide) groups is 1. The summed E-state index contributed by atoms with van der Waals surface area (Å²) in [6.07, 6.45) is -1.16. The van der Waals surface area contributed by atoms with Crippen LogP contribution >= 0.6 is 11.8 Å². The van der Waals surface area contributed by atoms with Gasteiger partial charge in [-0.3, -0.25) is 9.69 Å². The Kier molecular flexibility index (Phi) is 5.92. The summed E-state index contributed by atoms with van der Waals surface area (Å²) >= 11 is 1.49. The molecular weight excluding hydrogens is 350 g/mol. The molecule has 0 spiro atoms. The van der Waals surface area contributed by atoms with Crippen molar-refractivity contribution < 1.29 is 23.5 Å². The molecule has 1 aromatic carbocycles. The minimum Gasteiger partial charge on any atom is -0.465 e. The molecular formula is C17H22F2N2O3S. The lowest BCUT2D eigenvalue weighted by molar-refractivity contribution is -0.137.